The zero-order valence-electron chi connectivity index (χ0n) is 15.2. The minimum Gasteiger partial charge on any atom is -0.339 e. The normalized spacial score (nSPS) is 19.8. The number of rotatable bonds is 5. The summed E-state index contributed by atoms with van der Waals surface area (Å²) >= 11 is 0. The third-order valence-corrected chi connectivity index (χ3v) is 5.40. The number of Topliss-reactive ketones (excluding diaryl/α,β-unsaturated/α-hetero) is 1. The Bertz CT molecular complexity index is 585. The molecule has 0 radical (unpaired) electrons. The van der Waals surface area contributed by atoms with Crippen LogP contribution in [0.2, 0.25) is 0 Å². The molecule has 1 aromatic carbocycles. The van der Waals surface area contributed by atoms with Gasteiger partial charge in [0.15, 0.2) is 5.78 Å². The fraction of sp³-hybridized carbons (Fsp3) is 0.600. The molecule has 0 aliphatic carbocycles. The molecule has 0 spiro atoms. The third-order valence-electron chi connectivity index (χ3n) is 5.40. The number of hydrogen-bond acceptors (Lipinski definition) is 4. The quantitative estimate of drug-likeness (QED) is 0.831. The number of piperidine rings is 1. The molecular weight excluding hydrogens is 314 g/mol. The predicted octanol–water partition coefficient (Wildman–Crippen LogP) is 2.04. The lowest BCUT2D eigenvalue weighted by atomic mass is 9.95. The number of carbonyl (C=O) groups is 2. The number of ketones is 1. The summed E-state index contributed by atoms with van der Waals surface area (Å²) in [6.45, 7) is 9.16. The van der Waals surface area contributed by atoms with E-state index in [-0.39, 0.29) is 11.7 Å². The number of nitrogens with zero attached hydrogens (tertiary/aromatic N) is 2. The molecule has 2 saturated heterocycles. The first-order valence-electron chi connectivity index (χ1n) is 9.53. The number of piperazine rings is 1. The van der Waals surface area contributed by atoms with E-state index in [1.165, 1.54) is 0 Å². The molecule has 5 nitrogen and oxygen atoms in total. The first-order chi connectivity index (χ1) is 12.2. The fourth-order valence-electron chi connectivity index (χ4n) is 3.76. The van der Waals surface area contributed by atoms with E-state index in [1.54, 1.807) is 24.3 Å². The minimum absolute atomic E-state index is 0.0936. The summed E-state index contributed by atoms with van der Waals surface area (Å²) in [6, 6.07) is 7.13. The van der Waals surface area contributed by atoms with Crippen LogP contribution < -0.4 is 5.32 Å². The molecule has 2 fully saturated rings. The lowest BCUT2D eigenvalue weighted by molar-refractivity contribution is 0.0663. The van der Waals surface area contributed by atoms with Crippen LogP contribution in [0.25, 0.3) is 0 Å². The van der Waals surface area contributed by atoms with Gasteiger partial charge in [0.25, 0.3) is 5.91 Å². The van der Waals surface area contributed by atoms with Crippen molar-refractivity contribution in [3.05, 3.63) is 35.4 Å². The van der Waals surface area contributed by atoms with Crippen LogP contribution in [0.15, 0.2) is 24.3 Å². The van der Waals surface area contributed by atoms with Crippen LogP contribution >= 0.6 is 0 Å². The summed E-state index contributed by atoms with van der Waals surface area (Å²) in [5.74, 6) is 0.913. The van der Waals surface area contributed by atoms with Gasteiger partial charge in [-0.1, -0.05) is 19.1 Å². The molecule has 1 N–H and O–H groups in total. The Labute approximate surface area is 150 Å². The van der Waals surface area contributed by atoms with Gasteiger partial charge in [0.1, 0.15) is 0 Å². The maximum atomic E-state index is 12.7. The van der Waals surface area contributed by atoms with Crippen LogP contribution in [0.3, 0.4) is 0 Å². The SMILES string of the molecule is CCC(=O)c1ccc(C(=O)N2CCC(CN3CCNCC3)CC2)cc1. The van der Waals surface area contributed by atoms with Gasteiger partial charge in [0.05, 0.1) is 0 Å². The van der Waals surface area contributed by atoms with Crippen LogP contribution in [0.4, 0.5) is 0 Å². The maximum Gasteiger partial charge on any atom is 0.253 e. The van der Waals surface area contributed by atoms with Gasteiger partial charge < -0.3 is 15.1 Å². The molecule has 0 unspecified atom stereocenters. The van der Waals surface area contributed by atoms with Gasteiger partial charge in [-0.2, -0.15) is 0 Å². The zero-order valence-corrected chi connectivity index (χ0v) is 15.2. The Morgan fingerprint density at radius 3 is 2.20 bits per heavy atom. The lowest BCUT2D eigenvalue weighted by Crippen LogP contribution is -2.47. The Hall–Kier alpha value is -1.72. The van der Waals surface area contributed by atoms with Gasteiger partial charge in [-0.25, -0.2) is 0 Å². The van der Waals surface area contributed by atoms with Crippen molar-refractivity contribution in [2.45, 2.75) is 26.2 Å². The lowest BCUT2D eigenvalue weighted by Gasteiger charge is -2.36. The maximum absolute atomic E-state index is 12.7. The van der Waals surface area contributed by atoms with Gasteiger partial charge in [-0.05, 0) is 30.9 Å². The van der Waals surface area contributed by atoms with Crippen LogP contribution in [-0.2, 0) is 0 Å². The molecule has 1 aromatic rings. The van der Waals surface area contributed by atoms with E-state index < -0.39 is 0 Å². The van der Waals surface area contributed by atoms with E-state index in [4.69, 9.17) is 0 Å². The Balaban J connectivity index is 1.50. The molecule has 0 atom stereocenters. The zero-order chi connectivity index (χ0) is 17.6. The summed E-state index contributed by atoms with van der Waals surface area (Å²) < 4.78 is 0. The van der Waals surface area contributed by atoms with E-state index in [1.807, 2.05) is 11.8 Å². The number of hydrogen-bond donors (Lipinski definition) is 1. The van der Waals surface area contributed by atoms with Gasteiger partial charge in [-0.3, -0.25) is 9.59 Å². The highest BCUT2D eigenvalue weighted by atomic mass is 16.2. The van der Waals surface area contributed by atoms with Crippen LogP contribution in [0, 0.1) is 5.92 Å². The first-order valence-corrected chi connectivity index (χ1v) is 9.53. The molecule has 1 amide bonds. The summed E-state index contributed by atoms with van der Waals surface area (Å²) in [5, 5.41) is 3.39. The van der Waals surface area contributed by atoms with E-state index >= 15 is 0 Å². The van der Waals surface area contributed by atoms with Crippen LogP contribution in [0.5, 0.6) is 0 Å². The van der Waals surface area contributed by atoms with Crippen molar-refractivity contribution >= 4 is 11.7 Å². The second-order valence-electron chi connectivity index (χ2n) is 7.14. The summed E-state index contributed by atoms with van der Waals surface area (Å²) in [7, 11) is 0. The fourth-order valence-corrected chi connectivity index (χ4v) is 3.76. The van der Waals surface area contributed by atoms with Crippen molar-refractivity contribution in [3.63, 3.8) is 0 Å². The largest absolute Gasteiger partial charge is 0.339 e. The highest BCUT2D eigenvalue weighted by molar-refractivity contribution is 5.98. The second-order valence-corrected chi connectivity index (χ2v) is 7.14. The molecule has 0 bridgehead atoms. The molecule has 0 aromatic heterocycles. The molecule has 2 aliphatic rings. The summed E-state index contributed by atoms with van der Waals surface area (Å²) in [5.41, 5.74) is 1.38. The van der Waals surface area contributed by atoms with Crippen molar-refractivity contribution in [2.75, 3.05) is 45.8 Å². The van der Waals surface area contributed by atoms with E-state index in [9.17, 15) is 9.59 Å². The number of amides is 1. The third kappa shape index (κ3) is 4.67. The van der Waals surface area contributed by atoms with Crippen molar-refractivity contribution in [1.29, 1.82) is 0 Å². The Kier molecular flexibility index (Phi) is 6.21. The monoisotopic (exact) mass is 343 g/mol. The predicted molar refractivity (Wildman–Crippen MR) is 99.0 cm³/mol. The number of carbonyl (C=O) groups excluding carboxylic acids is 2. The highest BCUT2D eigenvalue weighted by Gasteiger charge is 2.25. The topological polar surface area (TPSA) is 52.7 Å². The van der Waals surface area contributed by atoms with Gasteiger partial charge in [0.2, 0.25) is 0 Å². The number of nitrogens with one attached hydrogen (secondary N) is 1. The van der Waals surface area contributed by atoms with Crippen molar-refractivity contribution in [3.8, 4) is 0 Å². The van der Waals surface area contributed by atoms with E-state index in [2.05, 4.69) is 10.2 Å². The van der Waals surface area contributed by atoms with Crippen molar-refractivity contribution < 1.29 is 9.59 Å². The first kappa shape index (κ1) is 18.1. The molecular formula is C20H29N3O2. The molecule has 25 heavy (non-hydrogen) atoms. The minimum atomic E-state index is 0.0936. The molecule has 2 aliphatic heterocycles. The standard InChI is InChI=1S/C20H29N3O2/c1-2-19(24)17-3-5-18(6-4-17)20(25)23-11-7-16(8-12-23)15-22-13-9-21-10-14-22/h3-6,16,21H,2,7-15H2,1H3. The van der Waals surface area contributed by atoms with E-state index in [0.717, 1.165) is 58.7 Å². The number of benzene rings is 1. The van der Waals surface area contributed by atoms with Crippen LogP contribution in [-0.4, -0.2) is 67.3 Å². The molecule has 3 rings (SSSR count). The summed E-state index contributed by atoms with van der Waals surface area (Å²) in [4.78, 5) is 28.9. The number of likely N-dealkylation sites (tertiary alicyclic amines) is 1. The smallest absolute Gasteiger partial charge is 0.253 e. The van der Waals surface area contributed by atoms with Crippen molar-refractivity contribution in [2.24, 2.45) is 5.92 Å². The van der Waals surface area contributed by atoms with Gasteiger partial charge in [-0.15, -0.1) is 0 Å². The Morgan fingerprint density at radius 2 is 1.60 bits per heavy atom. The van der Waals surface area contributed by atoms with Crippen LogP contribution in [0.1, 0.15) is 46.9 Å². The summed E-state index contributed by atoms with van der Waals surface area (Å²) in [6.07, 6.45) is 2.66. The molecule has 136 valence electrons. The second kappa shape index (κ2) is 8.59. The highest BCUT2D eigenvalue weighted by Crippen LogP contribution is 2.20. The molecule has 5 heteroatoms. The molecule has 2 heterocycles. The van der Waals surface area contributed by atoms with Crippen molar-refractivity contribution in [1.82, 2.24) is 15.1 Å². The van der Waals surface area contributed by atoms with Gasteiger partial charge in [0, 0.05) is 63.4 Å². The Morgan fingerprint density at radius 1 is 1.00 bits per heavy atom. The van der Waals surface area contributed by atoms with Gasteiger partial charge >= 0.3 is 0 Å². The average Bonchev–Trinajstić information content (AvgIpc) is 2.68. The molecule has 0 saturated carbocycles. The average molecular weight is 343 g/mol. The van der Waals surface area contributed by atoms with E-state index in [0.29, 0.717) is 23.5 Å².